The molecule has 0 N–H and O–H groups in total. The Balaban J connectivity index is 0.000000135. The molecule has 0 radical (unpaired) electrons. The van der Waals surface area contributed by atoms with Gasteiger partial charge in [0.2, 0.25) is 0 Å². The molecule has 4 aliphatic heterocycles. The van der Waals surface area contributed by atoms with E-state index >= 15 is 8.78 Å². The van der Waals surface area contributed by atoms with Gasteiger partial charge in [0, 0.05) is 146 Å². The minimum Gasteiger partial charge on any atom is -0.493 e. The van der Waals surface area contributed by atoms with E-state index in [1.165, 1.54) is 41.5 Å². The maximum absolute atomic E-state index is 15.2. The summed E-state index contributed by atoms with van der Waals surface area (Å²) in [6.07, 6.45) is 5.09. The van der Waals surface area contributed by atoms with Crippen LogP contribution in [-0.4, -0.2) is 149 Å². The third kappa shape index (κ3) is 21.6. The number of pyridine rings is 5. The molecule has 0 aliphatic carbocycles. The SMILES string of the molecule is CCc1nc2ccc(Cl)cn2c1C(=O)CCc1ccc(N2CCSCC2)c(F)c1.Cc1ccn2c(C(=O)CCc3ccc(N4CCCN(c5ccc(C(F)(F)F)cc5)CC4)c(F)c3)c(C)nc2c1.Cc1ccn2c(C(=O)CCc3ccc(N4CCN(c5ccc(C(F)(F)F)cn5)CC4)c(F)c3)c(C)nc2c1.Cc1ccn2c(C(=O)CCc3ccc4c(c3)CCO4)c(C)nc2c1. The number of rotatable bonds is 22. The second kappa shape index (κ2) is 40.2. The predicted octanol–water partition coefficient (Wildman–Crippen LogP) is 21.0. The van der Waals surface area contributed by atoms with Crippen LogP contribution in [0.15, 0.2) is 189 Å². The zero-order valence-corrected chi connectivity index (χ0v) is 74.9. The number of carbonyl (C=O) groups excluding carboxylic acids is 4. The standard InChI is InChI=1S/C30H30F4N4O.C28H27F4N5O.C22H23ClFN3OS.C20H20N2O2/c1-20-12-15-38-28(18-20)35-21(2)29(38)27(39)11-5-22-4-10-26(25(31)19-22)37-14-3-13-36(16-17-37)24-8-6-23(7-9-24)30(32,33)34;1-18-9-10-37-26(15-18)34-19(2)27(37)24(38)7-4-20-3-6-23(22(29)16-20)35-11-13-36(14-12-35)25-8-5-21(17-33-25)28(30,31)32;1-2-18-22(27-14-16(23)5-8-21(27)25-18)20(28)7-4-15-3-6-19(17(24)13-15)26-9-11-29-12-10-26;1-13-7-9-22-19(11-13)21-14(2)20(22)17(23)5-3-15-4-6-18-16(12-15)8-10-24-18/h4,6-10,12,15,18-19H,3,5,11,13-14,16-17H2,1-2H3;3,5-6,8-10,15-17H,4,7,11-14H2,1-2H3;3,5-6,8,13-14H,2,4,7,9-12H2,1H3;4,6-7,9,11-12H,3,5,8,10H2,1-2H3. The number of carbonyl (C=O) groups is 4. The number of aryl methyl sites for hydroxylation is 11. The first-order chi connectivity index (χ1) is 62.4. The average Bonchev–Trinajstić information content (AvgIpc) is 1.66. The number of alkyl halides is 6. The van der Waals surface area contributed by atoms with Gasteiger partial charge in [0.1, 0.15) is 74.4 Å². The predicted molar refractivity (Wildman–Crippen MR) is 493 cm³/mol. The van der Waals surface area contributed by atoms with E-state index in [-0.39, 0.29) is 53.4 Å². The lowest BCUT2D eigenvalue weighted by molar-refractivity contribution is -0.138. The van der Waals surface area contributed by atoms with Crippen LogP contribution in [0.3, 0.4) is 0 Å². The highest BCUT2D eigenvalue weighted by atomic mass is 35.5. The van der Waals surface area contributed by atoms with Crippen LogP contribution in [0.1, 0.15) is 159 Å². The second-order valence-corrected chi connectivity index (χ2v) is 34.9. The minimum absolute atomic E-state index is 0.00541. The van der Waals surface area contributed by atoms with Crippen molar-refractivity contribution < 1.29 is 63.4 Å². The molecule has 5 aromatic carbocycles. The fraction of sp³-hybridized carbons (Fsp3) is 0.330. The highest BCUT2D eigenvalue weighted by molar-refractivity contribution is 7.99. The Morgan fingerprint density at radius 3 is 1.28 bits per heavy atom. The zero-order chi connectivity index (χ0) is 91.8. The molecular formula is C100H100ClF9N14O5S. The summed E-state index contributed by atoms with van der Waals surface area (Å²) in [6, 6.07) is 44.6. The van der Waals surface area contributed by atoms with Crippen molar-refractivity contribution in [3.8, 4) is 5.75 Å². The molecule has 130 heavy (non-hydrogen) atoms. The third-order valence-corrected chi connectivity index (χ3v) is 25.2. The Kier molecular flexibility index (Phi) is 28.6. The molecule has 0 amide bonds. The molecule has 3 fully saturated rings. The van der Waals surface area contributed by atoms with Gasteiger partial charge < -0.3 is 29.2 Å². The van der Waals surface area contributed by atoms with Crippen LogP contribution in [-0.2, 0) is 50.9 Å². The number of thioether (sulfide) groups is 1. The van der Waals surface area contributed by atoms with Gasteiger partial charge in [0.15, 0.2) is 23.1 Å². The summed E-state index contributed by atoms with van der Waals surface area (Å²) in [5.74, 6) is 2.64. The monoisotopic (exact) mass is 1810 g/mol. The number of imidazole rings is 4. The highest BCUT2D eigenvalue weighted by Gasteiger charge is 2.34. The van der Waals surface area contributed by atoms with Crippen LogP contribution >= 0.6 is 23.4 Å². The van der Waals surface area contributed by atoms with Crippen molar-refractivity contribution in [3.63, 3.8) is 0 Å². The van der Waals surface area contributed by atoms with Crippen molar-refractivity contribution in [2.24, 2.45) is 0 Å². The summed E-state index contributed by atoms with van der Waals surface area (Å²) in [5.41, 5.74) is 17.2. The van der Waals surface area contributed by atoms with Crippen molar-refractivity contribution in [1.29, 1.82) is 0 Å². The maximum Gasteiger partial charge on any atom is 0.417 e. The summed E-state index contributed by atoms with van der Waals surface area (Å²) in [5, 5.41) is 0.556. The number of aromatic nitrogens is 9. The lowest BCUT2D eigenvalue weighted by atomic mass is 10.0. The summed E-state index contributed by atoms with van der Waals surface area (Å²) < 4.78 is 135. The first kappa shape index (κ1) is 92.2. The van der Waals surface area contributed by atoms with Crippen LogP contribution in [0.2, 0.25) is 5.02 Å². The number of hydrogen-bond acceptors (Lipinski definition) is 16. The lowest BCUT2D eigenvalue weighted by Gasteiger charge is -2.37. The maximum atomic E-state index is 15.2. The van der Waals surface area contributed by atoms with E-state index in [0.717, 1.165) is 148 Å². The third-order valence-electron chi connectivity index (χ3n) is 24.0. The molecule has 0 saturated carbocycles. The first-order valence-electron chi connectivity index (χ1n) is 43.7. The zero-order valence-electron chi connectivity index (χ0n) is 73.4. The van der Waals surface area contributed by atoms with E-state index < -0.39 is 23.5 Å². The summed E-state index contributed by atoms with van der Waals surface area (Å²) in [7, 11) is 0. The summed E-state index contributed by atoms with van der Waals surface area (Å²) in [4.78, 5) is 83.6. The molecule has 0 unspecified atom stereocenters. The molecule has 676 valence electrons. The molecule has 30 heteroatoms. The number of ether oxygens (including phenoxy) is 1. The van der Waals surface area contributed by atoms with Crippen LogP contribution in [0, 0.1) is 59.0 Å². The van der Waals surface area contributed by atoms with Crippen molar-refractivity contribution in [2.45, 2.75) is 131 Å². The lowest BCUT2D eigenvalue weighted by Crippen LogP contribution is -2.47. The number of fused-ring (bicyclic) bond motifs is 5. The smallest absolute Gasteiger partial charge is 0.417 e. The van der Waals surface area contributed by atoms with Crippen LogP contribution in [0.25, 0.3) is 22.6 Å². The van der Waals surface area contributed by atoms with Crippen LogP contribution < -0.4 is 29.2 Å². The number of anilines is 5. The molecule has 0 atom stereocenters. The Bertz CT molecular complexity index is 6490. The van der Waals surface area contributed by atoms with Crippen LogP contribution in [0.5, 0.6) is 5.75 Å². The molecule has 14 aromatic rings. The number of ketones is 4. The Hall–Kier alpha value is -12.5. The number of benzene rings is 5. The van der Waals surface area contributed by atoms with Crippen molar-refractivity contribution in [1.82, 2.24) is 42.5 Å². The molecule has 0 spiro atoms. The van der Waals surface area contributed by atoms with Crippen LogP contribution in [0.4, 0.5) is 68.1 Å². The Morgan fingerprint density at radius 2 is 0.838 bits per heavy atom. The van der Waals surface area contributed by atoms with Gasteiger partial charge in [-0.15, -0.1) is 0 Å². The van der Waals surface area contributed by atoms with Gasteiger partial charge in [-0.1, -0.05) is 48.9 Å². The molecule has 0 bridgehead atoms. The number of halogens is 10. The summed E-state index contributed by atoms with van der Waals surface area (Å²) in [6.45, 7) is 20.5. The van der Waals surface area contributed by atoms with Gasteiger partial charge in [-0.2, -0.15) is 38.1 Å². The summed E-state index contributed by atoms with van der Waals surface area (Å²) >= 11 is 8.01. The van der Waals surface area contributed by atoms with Gasteiger partial charge >= 0.3 is 12.4 Å². The molecule has 4 aliphatic rings. The van der Waals surface area contributed by atoms with Crippen molar-refractivity contribution in [2.75, 3.05) is 108 Å². The molecular weight excluding hydrogens is 1720 g/mol. The molecule has 3 saturated heterocycles. The Labute approximate surface area is 756 Å². The topological polar surface area (TPSA) is 176 Å². The average molecular weight is 1820 g/mol. The van der Waals surface area contributed by atoms with Crippen molar-refractivity contribution >= 4 is 97.7 Å². The second-order valence-electron chi connectivity index (χ2n) is 33.2. The fourth-order valence-electron chi connectivity index (χ4n) is 17.2. The fourth-order valence-corrected chi connectivity index (χ4v) is 18.3. The molecule has 19 nitrogen and oxygen atoms in total. The molecule has 9 aromatic heterocycles. The Morgan fingerprint density at radius 1 is 0.423 bits per heavy atom. The van der Waals surface area contributed by atoms with E-state index in [1.807, 2.05) is 180 Å². The minimum atomic E-state index is -4.42. The van der Waals surface area contributed by atoms with Gasteiger partial charge in [-0.05, 0) is 252 Å². The van der Waals surface area contributed by atoms with E-state index in [9.17, 15) is 49.9 Å². The van der Waals surface area contributed by atoms with Gasteiger partial charge in [0.25, 0.3) is 0 Å². The number of nitrogens with zero attached hydrogens (tertiary/aromatic N) is 14. The number of Topliss-reactive ketones (excluding diaryl/α,β-unsaturated/α-hetero) is 4. The molecule has 18 rings (SSSR count). The normalized spacial score (nSPS) is 14.2. The van der Waals surface area contributed by atoms with E-state index in [0.29, 0.717) is 159 Å². The highest BCUT2D eigenvalue weighted by Crippen LogP contribution is 2.36. The van der Waals surface area contributed by atoms with E-state index in [2.05, 4.69) is 42.0 Å². The van der Waals surface area contributed by atoms with E-state index in [1.54, 1.807) is 39.3 Å². The molecule has 13 heterocycles. The van der Waals surface area contributed by atoms with E-state index in [4.69, 9.17) is 16.3 Å². The van der Waals surface area contributed by atoms with Gasteiger partial charge in [-0.3, -0.25) is 36.8 Å². The van der Waals surface area contributed by atoms with Crippen molar-refractivity contribution in [3.05, 3.63) is 312 Å². The largest absolute Gasteiger partial charge is 0.493 e. The van der Waals surface area contributed by atoms with Gasteiger partial charge in [0.05, 0.1) is 62.6 Å². The van der Waals surface area contributed by atoms with Gasteiger partial charge in [-0.25, -0.2) is 38.1 Å². The first-order valence-corrected chi connectivity index (χ1v) is 45.2. The quantitative estimate of drug-likeness (QED) is 0.0462. The number of hydrogen-bond donors (Lipinski definition) is 0. The number of piperazine rings is 1.